The van der Waals surface area contributed by atoms with Crippen molar-refractivity contribution in [2.45, 2.75) is 18.5 Å². The van der Waals surface area contributed by atoms with E-state index in [1.807, 2.05) is 6.20 Å². The summed E-state index contributed by atoms with van der Waals surface area (Å²) in [5.41, 5.74) is 0. The lowest BCUT2D eigenvalue weighted by molar-refractivity contribution is 0.283. The predicted octanol–water partition coefficient (Wildman–Crippen LogP) is 1.32. The maximum atomic E-state index is 4.60. The molecule has 17 heavy (non-hydrogen) atoms. The molecule has 1 N–H and O–H groups in total. The van der Waals surface area contributed by atoms with Gasteiger partial charge in [-0.3, -0.25) is 5.32 Å². The highest BCUT2D eigenvalue weighted by Crippen LogP contribution is 2.36. The number of fused-ring (bicyclic) bond motifs is 3. The van der Waals surface area contributed by atoms with Gasteiger partial charge in [0.05, 0.1) is 6.04 Å². The lowest BCUT2D eigenvalue weighted by Gasteiger charge is -2.38. The molecule has 88 valence electrons. The van der Waals surface area contributed by atoms with Crippen LogP contribution >= 0.6 is 0 Å². The standard InChI is InChI=1S/C14H17N3/c1-2-5-12-10(4-1)11-6-7-15-14(13(11)16-12)17-8-3-9-17/h1-2,4-7,10-13,16H,3,8-9H2. The summed E-state index contributed by atoms with van der Waals surface area (Å²) < 4.78 is 0. The average Bonchev–Trinajstić information content (AvgIpc) is 2.67. The number of rotatable bonds is 0. The third-order valence-corrected chi connectivity index (χ3v) is 4.35. The van der Waals surface area contributed by atoms with Crippen molar-refractivity contribution in [2.75, 3.05) is 13.1 Å². The molecular formula is C14H17N3. The SMILES string of the molecule is C1=CC2NC3C(N4CCC4)=NC=CC3C2C=C1. The van der Waals surface area contributed by atoms with Gasteiger partial charge in [-0.25, -0.2) is 4.99 Å². The predicted molar refractivity (Wildman–Crippen MR) is 68.7 cm³/mol. The monoisotopic (exact) mass is 227 g/mol. The van der Waals surface area contributed by atoms with E-state index in [2.05, 4.69) is 45.6 Å². The first-order valence-electron chi connectivity index (χ1n) is 6.54. The number of hydrogen-bond acceptors (Lipinski definition) is 3. The minimum atomic E-state index is 0.419. The van der Waals surface area contributed by atoms with E-state index >= 15 is 0 Å². The van der Waals surface area contributed by atoms with E-state index in [1.165, 1.54) is 25.3 Å². The summed E-state index contributed by atoms with van der Waals surface area (Å²) in [4.78, 5) is 7.02. The van der Waals surface area contributed by atoms with Crippen LogP contribution in [0.4, 0.5) is 0 Å². The molecule has 3 heteroatoms. The van der Waals surface area contributed by atoms with Crippen LogP contribution in [0.5, 0.6) is 0 Å². The minimum Gasteiger partial charge on any atom is -0.359 e. The van der Waals surface area contributed by atoms with Crippen molar-refractivity contribution < 1.29 is 0 Å². The lowest BCUT2D eigenvalue weighted by Crippen LogP contribution is -2.52. The van der Waals surface area contributed by atoms with Gasteiger partial charge in [0.15, 0.2) is 0 Å². The topological polar surface area (TPSA) is 27.6 Å². The zero-order valence-electron chi connectivity index (χ0n) is 9.79. The Hall–Kier alpha value is -1.35. The Bertz CT molecular complexity index is 442. The number of nitrogens with zero attached hydrogens (tertiary/aromatic N) is 2. The number of aliphatic imine (C=N–C) groups is 1. The molecule has 4 rings (SSSR count). The quantitative estimate of drug-likeness (QED) is 0.676. The Morgan fingerprint density at radius 2 is 2.00 bits per heavy atom. The normalized spacial score (nSPS) is 41.9. The van der Waals surface area contributed by atoms with Gasteiger partial charge in [-0.2, -0.15) is 0 Å². The smallest absolute Gasteiger partial charge is 0.122 e. The van der Waals surface area contributed by atoms with E-state index < -0.39 is 0 Å². The molecule has 4 atom stereocenters. The highest BCUT2D eigenvalue weighted by Gasteiger charge is 2.44. The summed E-state index contributed by atoms with van der Waals surface area (Å²) in [5, 5.41) is 3.73. The van der Waals surface area contributed by atoms with Crippen molar-refractivity contribution in [3.05, 3.63) is 36.6 Å². The Morgan fingerprint density at radius 1 is 1.12 bits per heavy atom. The Morgan fingerprint density at radius 3 is 2.82 bits per heavy atom. The molecule has 3 nitrogen and oxygen atoms in total. The maximum absolute atomic E-state index is 4.60. The van der Waals surface area contributed by atoms with Crippen LogP contribution in [0.3, 0.4) is 0 Å². The number of hydrogen-bond donors (Lipinski definition) is 1. The molecule has 4 aliphatic rings. The van der Waals surface area contributed by atoms with Gasteiger partial charge in [0.25, 0.3) is 0 Å². The summed E-state index contributed by atoms with van der Waals surface area (Å²) in [6, 6.07) is 0.909. The summed E-state index contributed by atoms with van der Waals surface area (Å²) >= 11 is 0. The van der Waals surface area contributed by atoms with Crippen LogP contribution < -0.4 is 5.32 Å². The second-order valence-corrected chi connectivity index (χ2v) is 5.26. The maximum Gasteiger partial charge on any atom is 0.122 e. The van der Waals surface area contributed by atoms with E-state index in [9.17, 15) is 0 Å². The molecule has 0 aromatic carbocycles. The molecule has 2 saturated heterocycles. The van der Waals surface area contributed by atoms with Gasteiger partial charge < -0.3 is 4.90 Å². The van der Waals surface area contributed by atoms with Crippen LogP contribution in [-0.4, -0.2) is 35.9 Å². The summed E-state index contributed by atoms with van der Waals surface area (Å²) in [6.45, 7) is 2.36. The van der Waals surface area contributed by atoms with Gasteiger partial charge in [0.2, 0.25) is 0 Å². The molecular weight excluding hydrogens is 210 g/mol. The van der Waals surface area contributed by atoms with E-state index in [4.69, 9.17) is 0 Å². The van der Waals surface area contributed by atoms with Gasteiger partial charge >= 0.3 is 0 Å². The highest BCUT2D eigenvalue weighted by atomic mass is 15.3. The molecule has 4 unspecified atom stereocenters. The van der Waals surface area contributed by atoms with Crippen LogP contribution in [0.2, 0.25) is 0 Å². The molecule has 0 aromatic heterocycles. The third-order valence-electron chi connectivity index (χ3n) is 4.35. The van der Waals surface area contributed by atoms with Crippen molar-refractivity contribution in [3.63, 3.8) is 0 Å². The third kappa shape index (κ3) is 1.35. The van der Waals surface area contributed by atoms with Crippen molar-refractivity contribution in [1.82, 2.24) is 10.2 Å². The number of allylic oxidation sites excluding steroid dienone is 2. The molecule has 0 saturated carbocycles. The van der Waals surface area contributed by atoms with Gasteiger partial charge in [-0.15, -0.1) is 0 Å². The molecule has 0 amide bonds. The van der Waals surface area contributed by atoms with Crippen molar-refractivity contribution >= 4 is 5.84 Å². The average molecular weight is 227 g/mol. The van der Waals surface area contributed by atoms with Crippen LogP contribution in [-0.2, 0) is 0 Å². The van der Waals surface area contributed by atoms with E-state index in [-0.39, 0.29) is 0 Å². The number of nitrogens with one attached hydrogen (secondary N) is 1. The second kappa shape index (κ2) is 3.57. The van der Waals surface area contributed by atoms with Crippen LogP contribution in [0.1, 0.15) is 6.42 Å². The molecule has 3 heterocycles. The molecule has 0 bridgehead atoms. The lowest BCUT2D eigenvalue weighted by atomic mass is 9.83. The fraction of sp³-hybridized carbons (Fsp3) is 0.500. The zero-order chi connectivity index (χ0) is 11.2. The first kappa shape index (κ1) is 9.66. The van der Waals surface area contributed by atoms with Gasteiger partial charge in [-0.1, -0.05) is 30.4 Å². The fourth-order valence-corrected chi connectivity index (χ4v) is 3.31. The van der Waals surface area contributed by atoms with E-state index in [0.717, 1.165) is 0 Å². The molecule has 3 aliphatic heterocycles. The second-order valence-electron chi connectivity index (χ2n) is 5.26. The molecule has 0 radical (unpaired) electrons. The van der Waals surface area contributed by atoms with Gasteiger partial charge in [0, 0.05) is 37.2 Å². The van der Waals surface area contributed by atoms with Crippen LogP contribution in [0, 0.1) is 11.8 Å². The van der Waals surface area contributed by atoms with Crippen LogP contribution in [0.15, 0.2) is 41.6 Å². The van der Waals surface area contributed by atoms with E-state index in [1.54, 1.807) is 0 Å². The Kier molecular flexibility index (Phi) is 2.03. The summed E-state index contributed by atoms with van der Waals surface area (Å²) in [7, 11) is 0. The Labute approximate surface area is 102 Å². The number of amidine groups is 1. The first-order valence-corrected chi connectivity index (χ1v) is 6.54. The fourth-order valence-electron chi connectivity index (χ4n) is 3.31. The van der Waals surface area contributed by atoms with Gasteiger partial charge in [-0.05, 0) is 6.42 Å². The van der Waals surface area contributed by atoms with Crippen molar-refractivity contribution in [1.29, 1.82) is 0 Å². The number of likely N-dealkylation sites (tertiary alicyclic amines) is 1. The first-order chi connectivity index (χ1) is 8.43. The molecule has 2 fully saturated rings. The minimum absolute atomic E-state index is 0.419. The largest absolute Gasteiger partial charge is 0.359 e. The molecule has 0 aromatic rings. The van der Waals surface area contributed by atoms with Crippen molar-refractivity contribution in [3.8, 4) is 0 Å². The summed E-state index contributed by atoms with van der Waals surface area (Å²) in [5.74, 6) is 2.45. The zero-order valence-corrected chi connectivity index (χ0v) is 9.79. The van der Waals surface area contributed by atoms with Crippen molar-refractivity contribution in [2.24, 2.45) is 16.8 Å². The Balaban J connectivity index is 1.65. The molecule has 0 spiro atoms. The summed E-state index contributed by atoms with van der Waals surface area (Å²) in [6.07, 6.45) is 14.5. The molecule has 1 aliphatic carbocycles. The highest BCUT2D eigenvalue weighted by molar-refractivity contribution is 5.90. The van der Waals surface area contributed by atoms with Gasteiger partial charge in [0.1, 0.15) is 5.84 Å². The van der Waals surface area contributed by atoms with E-state index in [0.29, 0.717) is 23.9 Å². The van der Waals surface area contributed by atoms with Crippen LogP contribution in [0.25, 0.3) is 0 Å².